The predicted molar refractivity (Wildman–Crippen MR) is 124 cm³/mol. The quantitative estimate of drug-likeness (QED) is 0.729. The zero-order valence-corrected chi connectivity index (χ0v) is 18.8. The van der Waals surface area contributed by atoms with Gasteiger partial charge in [0.1, 0.15) is 5.70 Å². The average molecular weight is 432 g/mol. The van der Waals surface area contributed by atoms with Gasteiger partial charge in [-0.2, -0.15) is 0 Å². The lowest BCUT2D eigenvalue weighted by molar-refractivity contribution is -0.138. The molecule has 2 unspecified atom stereocenters. The van der Waals surface area contributed by atoms with E-state index in [-0.39, 0.29) is 24.3 Å². The highest BCUT2D eigenvalue weighted by Crippen LogP contribution is 2.36. The van der Waals surface area contributed by atoms with Crippen molar-refractivity contribution in [2.45, 2.75) is 33.7 Å². The molecule has 0 bridgehead atoms. The first-order valence-corrected chi connectivity index (χ1v) is 11.1. The molecule has 6 heteroatoms. The predicted octanol–water partition coefficient (Wildman–Crippen LogP) is 3.90. The summed E-state index contributed by atoms with van der Waals surface area (Å²) >= 11 is 0. The fraction of sp³-hybridized carbons (Fsp3) is 0.346. The molecular weight excluding hydrogens is 402 g/mol. The summed E-state index contributed by atoms with van der Waals surface area (Å²) in [5.41, 5.74) is 3.20. The van der Waals surface area contributed by atoms with Crippen molar-refractivity contribution in [3.63, 3.8) is 0 Å². The van der Waals surface area contributed by atoms with Crippen molar-refractivity contribution in [1.82, 2.24) is 9.80 Å². The molecule has 1 saturated heterocycles. The van der Waals surface area contributed by atoms with Gasteiger partial charge >= 0.3 is 0 Å². The van der Waals surface area contributed by atoms with Gasteiger partial charge in [-0.1, -0.05) is 56.3 Å². The Kier molecular flexibility index (Phi) is 6.12. The number of imide groups is 1. The zero-order chi connectivity index (χ0) is 22.8. The van der Waals surface area contributed by atoms with Crippen LogP contribution in [-0.4, -0.2) is 40.6 Å². The van der Waals surface area contributed by atoms with Gasteiger partial charge in [-0.05, 0) is 41.5 Å². The minimum atomic E-state index is -0.271. The smallest absolute Gasteiger partial charge is 0.278 e. The number of hydrogen-bond acceptors (Lipinski definition) is 4. The largest absolute Gasteiger partial charge is 0.366 e. The fourth-order valence-electron chi connectivity index (χ4n) is 4.80. The topological polar surface area (TPSA) is 69.7 Å². The van der Waals surface area contributed by atoms with Crippen LogP contribution in [0.3, 0.4) is 0 Å². The molecule has 32 heavy (non-hydrogen) atoms. The number of likely N-dealkylation sites (tertiary alicyclic amines) is 1. The summed E-state index contributed by atoms with van der Waals surface area (Å²) in [6.07, 6.45) is 1.11. The summed E-state index contributed by atoms with van der Waals surface area (Å²) in [7, 11) is 0. The minimum absolute atomic E-state index is 0.157. The number of benzene rings is 2. The van der Waals surface area contributed by atoms with E-state index in [0.29, 0.717) is 34.4 Å². The van der Waals surface area contributed by atoms with E-state index in [1.54, 1.807) is 24.3 Å². The first kappa shape index (κ1) is 21.8. The molecule has 2 aliphatic heterocycles. The highest BCUT2D eigenvalue weighted by atomic mass is 16.2. The summed E-state index contributed by atoms with van der Waals surface area (Å²) in [5.74, 6) is 0.227. The number of carbonyl (C=O) groups is 3. The first-order chi connectivity index (χ1) is 15.3. The van der Waals surface area contributed by atoms with Crippen LogP contribution >= 0.6 is 0 Å². The van der Waals surface area contributed by atoms with E-state index < -0.39 is 0 Å². The lowest BCUT2D eigenvalue weighted by Crippen LogP contribution is -2.41. The first-order valence-electron chi connectivity index (χ1n) is 11.1. The number of amides is 3. The van der Waals surface area contributed by atoms with E-state index in [2.05, 4.69) is 24.1 Å². The highest BCUT2D eigenvalue weighted by Gasteiger charge is 2.42. The molecule has 6 nitrogen and oxygen atoms in total. The maximum atomic E-state index is 13.6. The molecule has 0 saturated carbocycles. The third kappa shape index (κ3) is 4.44. The van der Waals surface area contributed by atoms with Crippen molar-refractivity contribution in [3.8, 4) is 0 Å². The Morgan fingerprint density at radius 3 is 2.16 bits per heavy atom. The second kappa shape index (κ2) is 8.99. The third-order valence-electron chi connectivity index (χ3n) is 6.01. The molecule has 2 aromatic rings. The standard InChI is InChI=1S/C26H29N3O3/c1-17-13-18(2)15-28(14-17)24-23(21-9-11-22(12-10-21)27-19(3)30)25(31)29(26(24)32)16-20-7-5-4-6-8-20/h4-12,17-18H,13-16H2,1-3H3,(H,27,30). The third-order valence-corrected chi connectivity index (χ3v) is 6.01. The molecule has 1 N–H and O–H groups in total. The SMILES string of the molecule is CC(=O)Nc1ccc(C2=C(N3CC(C)CC(C)C3)C(=O)N(Cc3ccccc3)C2=O)cc1. The number of hydrogen-bond donors (Lipinski definition) is 1. The van der Waals surface area contributed by atoms with Gasteiger partial charge in [0.2, 0.25) is 5.91 Å². The molecule has 1 fully saturated rings. The van der Waals surface area contributed by atoms with E-state index in [1.807, 2.05) is 30.3 Å². The Bertz CT molecular complexity index is 1050. The summed E-state index contributed by atoms with van der Waals surface area (Å²) in [5, 5.41) is 2.74. The van der Waals surface area contributed by atoms with Gasteiger partial charge in [0.15, 0.2) is 0 Å². The van der Waals surface area contributed by atoms with E-state index >= 15 is 0 Å². The maximum Gasteiger partial charge on any atom is 0.278 e. The van der Waals surface area contributed by atoms with Crippen LogP contribution in [0.25, 0.3) is 5.57 Å². The maximum absolute atomic E-state index is 13.6. The number of nitrogens with one attached hydrogen (secondary N) is 1. The average Bonchev–Trinajstić information content (AvgIpc) is 2.99. The zero-order valence-electron chi connectivity index (χ0n) is 18.8. The molecule has 0 aromatic heterocycles. The lowest BCUT2D eigenvalue weighted by atomic mass is 9.91. The van der Waals surface area contributed by atoms with Gasteiger partial charge in [0.25, 0.3) is 11.8 Å². The molecule has 2 aliphatic rings. The molecule has 2 heterocycles. The summed E-state index contributed by atoms with van der Waals surface area (Å²) in [6.45, 7) is 7.58. The Morgan fingerprint density at radius 1 is 0.938 bits per heavy atom. The monoisotopic (exact) mass is 431 g/mol. The van der Waals surface area contributed by atoms with Crippen molar-refractivity contribution in [2.75, 3.05) is 18.4 Å². The van der Waals surface area contributed by atoms with E-state index in [0.717, 1.165) is 25.1 Å². The normalized spacial score (nSPS) is 21.3. The number of carbonyl (C=O) groups excluding carboxylic acids is 3. The van der Waals surface area contributed by atoms with Crippen LogP contribution < -0.4 is 5.32 Å². The van der Waals surface area contributed by atoms with Gasteiger partial charge in [0, 0.05) is 25.7 Å². The number of nitrogens with zero attached hydrogens (tertiary/aromatic N) is 2. The molecule has 0 radical (unpaired) electrons. The van der Waals surface area contributed by atoms with Crippen molar-refractivity contribution in [1.29, 1.82) is 0 Å². The van der Waals surface area contributed by atoms with Gasteiger partial charge in [-0.3, -0.25) is 19.3 Å². The molecular formula is C26H29N3O3. The van der Waals surface area contributed by atoms with Gasteiger partial charge < -0.3 is 10.2 Å². The van der Waals surface area contributed by atoms with Crippen LogP contribution in [0.4, 0.5) is 5.69 Å². The molecule has 4 rings (SSSR count). The van der Waals surface area contributed by atoms with Gasteiger partial charge in [-0.25, -0.2) is 0 Å². The second-order valence-corrected chi connectivity index (χ2v) is 9.02. The van der Waals surface area contributed by atoms with E-state index in [4.69, 9.17) is 0 Å². The van der Waals surface area contributed by atoms with Crippen molar-refractivity contribution < 1.29 is 14.4 Å². The van der Waals surface area contributed by atoms with Crippen LogP contribution in [0, 0.1) is 11.8 Å². The van der Waals surface area contributed by atoms with Crippen LogP contribution in [-0.2, 0) is 20.9 Å². The minimum Gasteiger partial charge on any atom is -0.366 e. The molecule has 3 amide bonds. The number of rotatable bonds is 5. The Hall–Kier alpha value is -3.41. The number of piperidine rings is 1. The van der Waals surface area contributed by atoms with Gasteiger partial charge in [0.05, 0.1) is 12.1 Å². The Morgan fingerprint density at radius 2 is 1.56 bits per heavy atom. The summed E-state index contributed by atoms with van der Waals surface area (Å²) in [4.78, 5) is 41.9. The van der Waals surface area contributed by atoms with Crippen LogP contribution in [0.2, 0.25) is 0 Å². The highest BCUT2D eigenvalue weighted by molar-refractivity contribution is 6.35. The van der Waals surface area contributed by atoms with Crippen molar-refractivity contribution >= 4 is 29.0 Å². The molecule has 0 spiro atoms. The number of anilines is 1. The van der Waals surface area contributed by atoms with Crippen LogP contribution in [0.1, 0.15) is 38.3 Å². The van der Waals surface area contributed by atoms with E-state index in [1.165, 1.54) is 11.8 Å². The molecule has 2 aromatic carbocycles. The summed E-state index contributed by atoms with van der Waals surface area (Å²) < 4.78 is 0. The van der Waals surface area contributed by atoms with Crippen LogP contribution in [0.5, 0.6) is 0 Å². The van der Waals surface area contributed by atoms with Crippen molar-refractivity contribution in [2.24, 2.45) is 11.8 Å². The lowest BCUT2D eigenvalue weighted by Gasteiger charge is -2.37. The Balaban J connectivity index is 1.73. The molecule has 2 atom stereocenters. The van der Waals surface area contributed by atoms with Crippen LogP contribution in [0.15, 0.2) is 60.3 Å². The molecule has 166 valence electrons. The Labute approximate surface area is 188 Å². The van der Waals surface area contributed by atoms with E-state index in [9.17, 15) is 14.4 Å². The fourth-order valence-corrected chi connectivity index (χ4v) is 4.80. The van der Waals surface area contributed by atoms with Crippen molar-refractivity contribution in [3.05, 3.63) is 71.4 Å². The summed E-state index contributed by atoms with van der Waals surface area (Å²) in [6, 6.07) is 16.7. The molecule has 0 aliphatic carbocycles. The second-order valence-electron chi connectivity index (χ2n) is 9.02. The van der Waals surface area contributed by atoms with Gasteiger partial charge in [-0.15, -0.1) is 0 Å².